The second-order valence-electron chi connectivity index (χ2n) is 8.14. The monoisotopic (exact) mass is 466 g/mol. The zero-order valence-electron chi connectivity index (χ0n) is 19.4. The predicted molar refractivity (Wildman–Crippen MR) is 135 cm³/mol. The van der Waals surface area contributed by atoms with Gasteiger partial charge in [-0.1, -0.05) is 0 Å². The van der Waals surface area contributed by atoms with E-state index in [0.29, 0.717) is 0 Å². The van der Waals surface area contributed by atoms with Gasteiger partial charge in [0.15, 0.2) is 0 Å². The molecular weight excluding hydrogens is 435 g/mol. The second kappa shape index (κ2) is 11.0. The van der Waals surface area contributed by atoms with Crippen LogP contribution >= 0.6 is 7.41 Å². The Balaban J connectivity index is 2.34. The molecule has 0 radical (unpaired) electrons. The van der Waals surface area contributed by atoms with Gasteiger partial charge in [0.25, 0.3) is 0 Å². The molecule has 0 aliphatic rings. The molecule has 7 heteroatoms. The minimum absolute atomic E-state index is 0.353. The fourth-order valence-corrected chi connectivity index (χ4v) is 8.16. The summed E-state index contributed by atoms with van der Waals surface area (Å²) in [6, 6.07) is 29.3. The molecule has 174 valence electrons. The maximum absolute atomic E-state index is 13.6. The van der Waals surface area contributed by atoms with E-state index in [1.807, 2.05) is 91.0 Å². The molecule has 0 saturated carbocycles. The van der Waals surface area contributed by atoms with E-state index in [9.17, 15) is 9.59 Å². The van der Waals surface area contributed by atoms with Crippen LogP contribution in [0.3, 0.4) is 0 Å². The molecule has 2 amide bonds. The van der Waals surface area contributed by atoms with E-state index in [0.717, 1.165) is 15.9 Å². The van der Waals surface area contributed by atoms with Gasteiger partial charge in [0.1, 0.15) is 0 Å². The third-order valence-corrected chi connectivity index (χ3v) is 9.45. The van der Waals surface area contributed by atoms with Crippen LogP contribution in [-0.2, 0) is 9.47 Å². The van der Waals surface area contributed by atoms with E-state index in [1.165, 1.54) is 4.78 Å². The van der Waals surface area contributed by atoms with Crippen LogP contribution in [0.2, 0.25) is 0 Å². The molecule has 3 aromatic carbocycles. The molecule has 0 spiro atoms. The van der Waals surface area contributed by atoms with Crippen molar-refractivity contribution in [2.45, 2.75) is 39.9 Å². The van der Waals surface area contributed by atoms with Gasteiger partial charge in [-0.25, -0.2) is 0 Å². The number of hydrogen-bond donors (Lipinski definition) is 1. The molecule has 0 saturated heterocycles. The van der Waals surface area contributed by atoms with E-state index in [4.69, 9.17) is 9.47 Å². The molecule has 6 nitrogen and oxygen atoms in total. The van der Waals surface area contributed by atoms with Gasteiger partial charge >= 0.3 is 196 Å². The predicted octanol–water partition coefficient (Wildman–Crippen LogP) is 4.52. The average molecular weight is 467 g/mol. The molecule has 0 aliphatic heterocycles. The Kier molecular flexibility index (Phi) is 8.07. The van der Waals surface area contributed by atoms with Gasteiger partial charge in [-0.05, 0) is 0 Å². The van der Waals surface area contributed by atoms with Crippen LogP contribution in [0.4, 0.5) is 9.59 Å². The van der Waals surface area contributed by atoms with Gasteiger partial charge in [-0.2, -0.15) is 0 Å². The number of hydrazine groups is 1. The Morgan fingerprint density at radius 3 is 1.36 bits per heavy atom. The van der Waals surface area contributed by atoms with E-state index in [-0.39, 0.29) is 12.2 Å². The normalized spacial score (nSPS) is 11.7. The zero-order chi connectivity index (χ0) is 23.8. The summed E-state index contributed by atoms with van der Waals surface area (Å²) in [6.45, 7) is 7.07. The first-order valence-electron chi connectivity index (χ1n) is 11.0. The molecular formula is C26H31N2O4P. The van der Waals surface area contributed by atoms with Gasteiger partial charge in [-0.15, -0.1) is 0 Å². The summed E-state index contributed by atoms with van der Waals surface area (Å²) in [7, 11) is -3.35. The number of hydrogen-bond acceptors (Lipinski definition) is 4. The van der Waals surface area contributed by atoms with Gasteiger partial charge in [0.2, 0.25) is 0 Å². The van der Waals surface area contributed by atoms with E-state index in [1.54, 1.807) is 27.7 Å². The van der Waals surface area contributed by atoms with Crippen LogP contribution in [0.15, 0.2) is 91.0 Å². The maximum atomic E-state index is 13.6. The molecule has 0 aliphatic carbocycles. The Morgan fingerprint density at radius 2 is 1.03 bits per heavy atom. The Hall–Kier alpha value is -3.37. The van der Waals surface area contributed by atoms with Crippen molar-refractivity contribution in [1.82, 2.24) is 10.2 Å². The number of benzene rings is 3. The molecule has 33 heavy (non-hydrogen) atoms. The third kappa shape index (κ3) is 5.52. The summed E-state index contributed by atoms with van der Waals surface area (Å²) in [4.78, 5) is 26.4. The number of rotatable bonds is 6. The molecule has 3 aromatic rings. The summed E-state index contributed by atoms with van der Waals surface area (Å²) in [5, 5.41) is 2.73. The number of ether oxygens (including phenoxy) is 2. The summed E-state index contributed by atoms with van der Waals surface area (Å²) < 4.78 is 12.4. The first-order chi connectivity index (χ1) is 15.9. The van der Waals surface area contributed by atoms with Gasteiger partial charge in [-0.3, -0.25) is 0 Å². The fourth-order valence-electron chi connectivity index (χ4n) is 3.78. The van der Waals surface area contributed by atoms with E-state index >= 15 is 0 Å². The van der Waals surface area contributed by atoms with Gasteiger partial charge in [0.05, 0.1) is 0 Å². The second-order valence-corrected chi connectivity index (χ2v) is 11.7. The van der Waals surface area contributed by atoms with Crippen LogP contribution in [0.5, 0.6) is 0 Å². The molecule has 0 aromatic heterocycles. The van der Waals surface area contributed by atoms with E-state index in [2.05, 4.69) is 5.43 Å². The van der Waals surface area contributed by atoms with Crippen molar-refractivity contribution in [2.24, 2.45) is 0 Å². The summed E-state index contributed by atoms with van der Waals surface area (Å²) >= 11 is 0. The molecule has 0 fully saturated rings. The number of nitrogens with one attached hydrogen (secondary N) is 1. The number of carbonyl (C=O) groups excluding carboxylic acids is 2. The molecule has 0 atom stereocenters. The quantitative estimate of drug-likeness (QED) is 0.428. The Bertz CT molecular complexity index is 947. The topological polar surface area (TPSA) is 67.9 Å². The first kappa shape index (κ1) is 24.3. The zero-order valence-corrected chi connectivity index (χ0v) is 20.4. The van der Waals surface area contributed by atoms with Crippen LogP contribution in [0, 0.1) is 0 Å². The van der Waals surface area contributed by atoms with Crippen LogP contribution in [-0.4, -0.2) is 29.2 Å². The molecule has 3 rings (SSSR count). The Labute approximate surface area is 195 Å². The molecule has 1 N–H and O–H groups in total. The van der Waals surface area contributed by atoms with E-state index < -0.39 is 19.6 Å². The van der Waals surface area contributed by atoms with Gasteiger partial charge < -0.3 is 0 Å². The van der Waals surface area contributed by atoms with Crippen LogP contribution in [0.1, 0.15) is 27.7 Å². The van der Waals surface area contributed by atoms with Crippen molar-refractivity contribution in [2.75, 3.05) is 0 Å². The molecule has 0 unspecified atom stereocenters. The third-order valence-electron chi connectivity index (χ3n) is 4.98. The van der Waals surface area contributed by atoms with Crippen molar-refractivity contribution in [3.63, 3.8) is 0 Å². The van der Waals surface area contributed by atoms with Crippen LogP contribution < -0.4 is 21.3 Å². The average Bonchev–Trinajstić information content (AvgIpc) is 2.80. The number of amides is 2. The summed E-state index contributed by atoms with van der Waals surface area (Å²) in [6.07, 6.45) is -2.09. The minimum atomic E-state index is -3.35. The fraction of sp³-hybridized carbons (Fsp3) is 0.231. The first-order valence-corrected chi connectivity index (χ1v) is 12.9. The van der Waals surface area contributed by atoms with Crippen molar-refractivity contribution in [3.8, 4) is 0 Å². The summed E-state index contributed by atoms with van der Waals surface area (Å²) in [5.74, 6) is 0. The van der Waals surface area contributed by atoms with Crippen molar-refractivity contribution < 1.29 is 19.1 Å². The summed E-state index contributed by atoms with van der Waals surface area (Å²) in [5.41, 5.74) is 2.75. The number of nitrogens with zero attached hydrogens (tertiary/aromatic N) is 1. The van der Waals surface area contributed by atoms with Crippen LogP contribution in [0.25, 0.3) is 0 Å². The van der Waals surface area contributed by atoms with Gasteiger partial charge in [0, 0.05) is 0 Å². The van der Waals surface area contributed by atoms with Crippen molar-refractivity contribution in [1.29, 1.82) is 0 Å². The molecule has 0 bridgehead atoms. The van der Waals surface area contributed by atoms with Crippen molar-refractivity contribution in [3.05, 3.63) is 91.0 Å². The SMILES string of the molecule is CC(C)OC(=O)NN(C(=O)OC(C)C)[PH](c1ccccc1)(c1ccccc1)c1ccccc1. The molecule has 0 heterocycles. The number of carbonyl (C=O) groups is 2. The standard InChI is InChI=1S/C26H31N2O4P/c1-20(2)31-25(29)27-28(26(30)32-21(3)4)33(22-14-8-5-9-15-22,23-16-10-6-11-17-23)24-18-12-7-13-19-24/h5-21,33H,1-4H3,(H,27,29). The Morgan fingerprint density at radius 1 is 0.667 bits per heavy atom. The van der Waals surface area contributed by atoms with Crippen molar-refractivity contribution >= 4 is 35.5 Å².